The number of rotatable bonds is 4. The van der Waals surface area contributed by atoms with Gasteiger partial charge >= 0.3 is 0 Å². The first-order valence-electron chi connectivity index (χ1n) is 4.86. The molecule has 0 saturated carbocycles. The average molecular weight is 206 g/mol. The van der Waals surface area contributed by atoms with Crippen LogP contribution in [0, 0.1) is 0 Å². The van der Waals surface area contributed by atoms with Gasteiger partial charge in [0.25, 0.3) is 0 Å². The molecule has 0 unspecified atom stereocenters. The summed E-state index contributed by atoms with van der Waals surface area (Å²) in [5.74, 6) is 0.468. The van der Waals surface area contributed by atoms with Gasteiger partial charge in [0.1, 0.15) is 0 Å². The smallest absolute Gasteiger partial charge is 0.165 e. The Morgan fingerprint density at radius 1 is 1.47 bits per heavy atom. The molecule has 2 heterocycles. The number of hydrogen-bond acceptors (Lipinski definition) is 4. The van der Waals surface area contributed by atoms with Crippen LogP contribution in [0.25, 0.3) is 0 Å². The number of nitrogens with zero attached hydrogens (tertiary/aromatic N) is 5. The van der Waals surface area contributed by atoms with E-state index < -0.39 is 0 Å². The summed E-state index contributed by atoms with van der Waals surface area (Å²) < 4.78 is 3.78. The van der Waals surface area contributed by atoms with E-state index in [2.05, 4.69) is 15.3 Å². The van der Waals surface area contributed by atoms with Gasteiger partial charge in [0.05, 0.1) is 12.5 Å². The second-order valence-corrected chi connectivity index (χ2v) is 3.51. The zero-order valence-electron chi connectivity index (χ0n) is 8.67. The summed E-state index contributed by atoms with van der Waals surface area (Å²) in [5, 5.41) is 7.60. The van der Waals surface area contributed by atoms with Crippen molar-refractivity contribution in [3.8, 4) is 0 Å². The summed E-state index contributed by atoms with van der Waals surface area (Å²) in [7, 11) is 2.00. The average Bonchev–Trinajstić information content (AvgIpc) is 2.77. The molecule has 0 radical (unpaired) electrons. The molecule has 2 N–H and O–H groups in total. The molecule has 0 spiro atoms. The van der Waals surface area contributed by atoms with E-state index in [9.17, 15) is 0 Å². The molecule has 0 amide bonds. The fraction of sp³-hybridized carbons (Fsp3) is 0.444. The number of imidazole rings is 1. The van der Waals surface area contributed by atoms with Gasteiger partial charge < -0.3 is 10.3 Å². The highest BCUT2D eigenvalue weighted by Crippen LogP contribution is 2.02. The van der Waals surface area contributed by atoms with Gasteiger partial charge in [0.15, 0.2) is 5.82 Å². The fourth-order valence-electron chi connectivity index (χ4n) is 1.47. The minimum atomic E-state index is 0.468. The number of aryl methyl sites for hydroxylation is 3. The molecule has 2 aromatic heterocycles. The second kappa shape index (κ2) is 4.12. The van der Waals surface area contributed by atoms with Gasteiger partial charge in [0.2, 0.25) is 0 Å². The molecule has 6 nitrogen and oxygen atoms in total. The molecule has 0 aromatic carbocycles. The van der Waals surface area contributed by atoms with Crippen LogP contribution in [0.3, 0.4) is 0 Å². The van der Waals surface area contributed by atoms with Crippen LogP contribution in [-0.4, -0.2) is 24.5 Å². The van der Waals surface area contributed by atoms with E-state index in [0.29, 0.717) is 5.82 Å². The van der Waals surface area contributed by atoms with Crippen molar-refractivity contribution in [1.82, 2.24) is 24.5 Å². The van der Waals surface area contributed by atoms with E-state index in [0.717, 1.165) is 19.4 Å². The Morgan fingerprint density at radius 2 is 2.33 bits per heavy atom. The first-order valence-corrected chi connectivity index (χ1v) is 4.86. The lowest BCUT2D eigenvalue weighted by atomic mass is 10.2. The lowest BCUT2D eigenvalue weighted by molar-refractivity contribution is 0.552. The zero-order valence-corrected chi connectivity index (χ0v) is 8.67. The van der Waals surface area contributed by atoms with Crippen molar-refractivity contribution >= 4 is 5.82 Å². The van der Waals surface area contributed by atoms with Crippen molar-refractivity contribution in [2.75, 3.05) is 5.73 Å². The van der Waals surface area contributed by atoms with Gasteiger partial charge in [-0.2, -0.15) is 0 Å². The second-order valence-electron chi connectivity index (χ2n) is 3.51. The largest absolute Gasteiger partial charge is 0.381 e. The van der Waals surface area contributed by atoms with Crippen molar-refractivity contribution in [3.63, 3.8) is 0 Å². The molecule has 0 aliphatic rings. The fourth-order valence-corrected chi connectivity index (χ4v) is 1.47. The maximum absolute atomic E-state index is 5.46. The first kappa shape index (κ1) is 9.70. The number of hydrogen-bond donors (Lipinski definition) is 1. The lowest BCUT2D eigenvalue weighted by Gasteiger charge is -2.01. The Morgan fingerprint density at radius 3 is 2.93 bits per heavy atom. The highest BCUT2D eigenvalue weighted by molar-refractivity contribution is 5.19. The molecule has 6 heteroatoms. The maximum Gasteiger partial charge on any atom is 0.165 e. The third-order valence-corrected chi connectivity index (χ3v) is 2.29. The minimum Gasteiger partial charge on any atom is -0.381 e. The van der Waals surface area contributed by atoms with Crippen molar-refractivity contribution in [2.24, 2.45) is 7.05 Å². The molecule has 15 heavy (non-hydrogen) atoms. The molecule has 2 aromatic rings. The Bertz CT molecular complexity index is 429. The zero-order chi connectivity index (χ0) is 10.7. The van der Waals surface area contributed by atoms with Crippen LogP contribution in [0.2, 0.25) is 0 Å². The molecule has 80 valence electrons. The Kier molecular flexibility index (Phi) is 2.66. The van der Waals surface area contributed by atoms with Gasteiger partial charge in [0, 0.05) is 25.5 Å². The van der Waals surface area contributed by atoms with Crippen LogP contribution in [-0.2, 0) is 20.0 Å². The number of aromatic nitrogens is 5. The summed E-state index contributed by atoms with van der Waals surface area (Å²) in [5.41, 5.74) is 6.69. The maximum atomic E-state index is 5.46. The Labute approximate surface area is 87.7 Å². The molecule has 0 saturated heterocycles. The quantitative estimate of drug-likeness (QED) is 0.776. The van der Waals surface area contributed by atoms with E-state index >= 15 is 0 Å². The normalized spacial score (nSPS) is 10.7. The SMILES string of the molecule is Cn1cncc1CCCn1cc(N)nn1. The lowest BCUT2D eigenvalue weighted by Crippen LogP contribution is -2.02. The van der Waals surface area contributed by atoms with Crippen molar-refractivity contribution in [1.29, 1.82) is 0 Å². The predicted octanol–water partition coefficient (Wildman–Crippen LogP) is 0.227. The van der Waals surface area contributed by atoms with Gasteiger partial charge in [-0.25, -0.2) is 4.98 Å². The summed E-state index contributed by atoms with van der Waals surface area (Å²) in [6, 6.07) is 0. The molecule has 0 bridgehead atoms. The number of anilines is 1. The van der Waals surface area contributed by atoms with E-state index in [1.807, 2.05) is 24.1 Å². The van der Waals surface area contributed by atoms with Gasteiger partial charge in [-0.15, -0.1) is 5.10 Å². The molecular weight excluding hydrogens is 192 g/mol. The van der Waals surface area contributed by atoms with E-state index in [1.165, 1.54) is 5.69 Å². The van der Waals surface area contributed by atoms with Crippen molar-refractivity contribution < 1.29 is 0 Å². The topological polar surface area (TPSA) is 74.5 Å². The van der Waals surface area contributed by atoms with E-state index in [1.54, 1.807) is 10.9 Å². The predicted molar refractivity (Wildman–Crippen MR) is 56.0 cm³/mol. The molecule has 0 atom stereocenters. The van der Waals surface area contributed by atoms with Gasteiger partial charge in [-0.05, 0) is 12.8 Å². The van der Waals surface area contributed by atoms with Crippen LogP contribution in [0.4, 0.5) is 5.82 Å². The standard InChI is InChI=1S/C9H14N6/c1-14-7-11-5-8(14)3-2-4-15-6-9(10)12-13-15/h5-7H,2-4,10H2,1H3. The van der Waals surface area contributed by atoms with Crippen molar-refractivity contribution in [2.45, 2.75) is 19.4 Å². The van der Waals surface area contributed by atoms with Gasteiger partial charge in [-0.1, -0.05) is 5.21 Å². The Balaban J connectivity index is 1.83. The molecule has 2 rings (SSSR count). The summed E-state index contributed by atoms with van der Waals surface area (Å²) >= 11 is 0. The van der Waals surface area contributed by atoms with Crippen LogP contribution < -0.4 is 5.73 Å². The van der Waals surface area contributed by atoms with Crippen LogP contribution in [0.15, 0.2) is 18.7 Å². The summed E-state index contributed by atoms with van der Waals surface area (Å²) in [4.78, 5) is 4.06. The van der Waals surface area contributed by atoms with Crippen LogP contribution in [0.1, 0.15) is 12.1 Å². The summed E-state index contributed by atoms with van der Waals surface area (Å²) in [6.45, 7) is 0.829. The van der Waals surface area contributed by atoms with Crippen LogP contribution >= 0.6 is 0 Å². The van der Waals surface area contributed by atoms with Crippen LogP contribution in [0.5, 0.6) is 0 Å². The van der Waals surface area contributed by atoms with Crippen molar-refractivity contribution in [3.05, 3.63) is 24.4 Å². The number of nitrogens with two attached hydrogens (primary N) is 1. The molecule has 0 fully saturated rings. The molecule has 0 aliphatic carbocycles. The highest BCUT2D eigenvalue weighted by atomic mass is 15.4. The van der Waals surface area contributed by atoms with E-state index in [4.69, 9.17) is 5.73 Å². The first-order chi connectivity index (χ1) is 7.25. The van der Waals surface area contributed by atoms with E-state index in [-0.39, 0.29) is 0 Å². The monoisotopic (exact) mass is 206 g/mol. The van der Waals surface area contributed by atoms with Gasteiger partial charge in [-0.3, -0.25) is 4.68 Å². The third kappa shape index (κ3) is 2.34. The number of nitrogen functional groups attached to an aromatic ring is 1. The molecular formula is C9H14N6. The minimum absolute atomic E-state index is 0.468. The highest BCUT2D eigenvalue weighted by Gasteiger charge is 1.99. The third-order valence-electron chi connectivity index (χ3n) is 2.29. The molecule has 0 aliphatic heterocycles. The Hall–Kier alpha value is -1.85. The summed E-state index contributed by atoms with van der Waals surface area (Å²) in [6.07, 6.45) is 7.42.